The van der Waals surface area contributed by atoms with E-state index in [9.17, 15) is 22.8 Å². The molecule has 0 spiro atoms. The van der Waals surface area contributed by atoms with Crippen molar-refractivity contribution in [2.24, 2.45) is 7.05 Å². The zero-order valence-corrected chi connectivity index (χ0v) is 18.7. The number of hydrogen-bond acceptors (Lipinski definition) is 5. The van der Waals surface area contributed by atoms with Crippen LogP contribution in [0, 0.1) is 0 Å². The van der Waals surface area contributed by atoms with E-state index in [4.69, 9.17) is 5.73 Å². The number of amides is 1. The van der Waals surface area contributed by atoms with Crippen LogP contribution in [0.1, 0.15) is 34.5 Å². The van der Waals surface area contributed by atoms with Crippen molar-refractivity contribution in [3.05, 3.63) is 94.2 Å². The summed E-state index contributed by atoms with van der Waals surface area (Å²) >= 11 is 0. The van der Waals surface area contributed by atoms with E-state index < -0.39 is 23.7 Å². The highest BCUT2D eigenvalue weighted by molar-refractivity contribution is 5.94. The number of nitrogens with one attached hydrogen (secondary N) is 1. The Morgan fingerprint density at radius 2 is 1.89 bits per heavy atom. The van der Waals surface area contributed by atoms with Crippen molar-refractivity contribution in [2.45, 2.75) is 19.1 Å². The molecule has 8 nitrogen and oxygen atoms in total. The van der Waals surface area contributed by atoms with Crippen molar-refractivity contribution in [1.82, 2.24) is 24.6 Å². The van der Waals surface area contributed by atoms with Gasteiger partial charge in [0, 0.05) is 36.2 Å². The molecule has 0 radical (unpaired) electrons. The number of alkyl halides is 3. The minimum Gasteiger partial charge on any atom is -0.399 e. The molecule has 2 heterocycles. The van der Waals surface area contributed by atoms with Crippen LogP contribution < -0.4 is 16.6 Å². The Hall–Kier alpha value is -4.41. The Kier molecular flexibility index (Phi) is 6.16. The zero-order valence-electron chi connectivity index (χ0n) is 18.7. The Bertz CT molecular complexity index is 1460. The number of pyridine rings is 1. The summed E-state index contributed by atoms with van der Waals surface area (Å²) in [7, 11) is 1.74. The average Bonchev–Trinajstić information content (AvgIpc) is 3.24. The third-order valence-electron chi connectivity index (χ3n) is 5.42. The number of anilines is 1. The number of carbonyl (C=O) groups is 1. The van der Waals surface area contributed by atoms with Gasteiger partial charge in [-0.05, 0) is 48.9 Å². The van der Waals surface area contributed by atoms with Crippen LogP contribution in [0.25, 0.3) is 17.1 Å². The minimum absolute atomic E-state index is 0.0627. The number of carbonyl (C=O) groups excluding carboxylic acids is 1. The number of hydrogen-bond donors (Lipinski definition) is 2. The lowest BCUT2D eigenvalue weighted by molar-refractivity contribution is -0.137. The average molecular weight is 482 g/mol. The van der Waals surface area contributed by atoms with Gasteiger partial charge in [0.1, 0.15) is 6.33 Å². The quantitative estimate of drug-likeness (QED) is 0.422. The van der Waals surface area contributed by atoms with E-state index in [1.54, 1.807) is 36.9 Å². The minimum atomic E-state index is -4.57. The molecule has 0 bridgehead atoms. The van der Waals surface area contributed by atoms with Crippen LogP contribution >= 0.6 is 0 Å². The zero-order chi connectivity index (χ0) is 25.3. The van der Waals surface area contributed by atoms with E-state index in [-0.39, 0.29) is 22.4 Å². The SMILES string of the molecule is C[C@@H](NC(=O)c1ccc(=O)n(-c2cccc(-c3ncnn3C)c2)c1)c1cc(N)cc(C(F)(F)F)c1. The van der Waals surface area contributed by atoms with E-state index >= 15 is 0 Å². The third-order valence-corrected chi connectivity index (χ3v) is 5.42. The van der Waals surface area contributed by atoms with Crippen molar-refractivity contribution in [3.8, 4) is 17.1 Å². The van der Waals surface area contributed by atoms with Crippen molar-refractivity contribution in [2.75, 3.05) is 5.73 Å². The lowest BCUT2D eigenvalue weighted by Gasteiger charge is -2.18. The first-order valence-corrected chi connectivity index (χ1v) is 10.5. The highest BCUT2D eigenvalue weighted by Crippen LogP contribution is 2.32. The standard InChI is InChI=1S/C24H21F3N6O2/c1-14(17-8-18(24(25,26)27)11-19(28)9-17)31-23(35)16-6-7-21(34)33(12-16)20-5-3-4-15(10-20)22-29-13-30-32(22)2/h3-14H,28H2,1-2H3,(H,31,35)/t14-/m1/s1. The Morgan fingerprint density at radius 3 is 2.57 bits per heavy atom. The summed E-state index contributed by atoms with van der Waals surface area (Å²) in [5, 5.41) is 6.70. The molecule has 3 N–H and O–H groups in total. The molecule has 11 heteroatoms. The first-order valence-electron chi connectivity index (χ1n) is 10.5. The fraction of sp³-hybridized carbons (Fsp3) is 0.167. The lowest BCUT2D eigenvalue weighted by Crippen LogP contribution is -2.28. The second-order valence-electron chi connectivity index (χ2n) is 7.96. The molecule has 0 saturated heterocycles. The van der Waals surface area contributed by atoms with E-state index in [1.165, 1.54) is 35.3 Å². The number of nitrogen functional groups attached to an aromatic ring is 1. The van der Waals surface area contributed by atoms with E-state index in [1.807, 2.05) is 6.07 Å². The number of rotatable bonds is 5. The molecular formula is C24H21F3N6O2. The van der Waals surface area contributed by atoms with Gasteiger partial charge in [-0.15, -0.1) is 0 Å². The fourth-order valence-corrected chi connectivity index (χ4v) is 3.63. The van der Waals surface area contributed by atoms with Gasteiger partial charge in [-0.25, -0.2) is 9.67 Å². The van der Waals surface area contributed by atoms with Crippen molar-refractivity contribution < 1.29 is 18.0 Å². The summed E-state index contributed by atoms with van der Waals surface area (Å²) in [5.41, 5.74) is 5.89. The van der Waals surface area contributed by atoms with Crippen molar-refractivity contribution >= 4 is 11.6 Å². The Labute approximate surface area is 197 Å². The van der Waals surface area contributed by atoms with Gasteiger partial charge in [-0.3, -0.25) is 14.2 Å². The van der Waals surface area contributed by atoms with Gasteiger partial charge >= 0.3 is 6.18 Å². The fourth-order valence-electron chi connectivity index (χ4n) is 3.63. The number of benzene rings is 2. The Morgan fingerprint density at radius 1 is 1.11 bits per heavy atom. The van der Waals surface area contributed by atoms with E-state index in [0.29, 0.717) is 11.5 Å². The molecule has 2 aromatic carbocycles. The largest absolute Gasteiger partial charge is 0.416 e. The first-order chi connectivity index (χ1) is 16.5. The maximum atomic E-state index is 13.1. The molecule has 1 amide bonds. The third kappa shape index (κ3) is 5.08. The van der Waals surface area contributed by atoms with Crippen LogP contribution in [-0.4, -0.2) is 25.2 Å². The normalized spacial score (nSPS) is 12.4. The number of aryl methyl sites for hydroxylation is 1. The number of nitrogens with two attached hydrogens (primary N) is 1. The second-order valence-corrected chi connectivity index (χ2v) is 7.96. The molecule has 0 aliphatic carbocycles. The summed E-state index contributed by atoms with van der Waals surface area (Å²) in [5.74, 6) is 0.0367. The molecule has 180 valence electrons. The maximum Gasteiger partial charge on any atom is 0.416 e. The van der Waals surface area contributed by atoms with Crippen LogP contribution in [0.5, 0.6) is 0 Å². The van der Waals surface area contributed by atoms with E-state index in [2.05, 4.69) is 15.4 Å². The predicted octanol–water partition coefficient (Wildman–Crippen LogP) is 3.73. The molecular weight excluding hydrogens is 461 g/mol. The van der Waals surface area contributed by atoms with Gasteiger partial charge in [-0.1, -0.05) is 12.1 Å². The summed E-state index contributed by atoms with van der Waals surface area (Å²) in [6.07, 6.45) is -1.78. The number of aromatic nitrogens is 4. The van der Waals surface area contributed by atoms with Crippen molar-refractivity contribution in [1.29, 1.82) is 0 Å². The van der Waals surface area contributed by atoms with Crippen LogP contribution in [0.4, 0.5) is 18.9 Å². The highest BCUT2D eigenvalue weighted by Gasteiger charge is 2.31. The molecule has 0 unspecified atom stereocenters. The van der Waals surface area contributed by atoms with Gasteiger partial charge in [0.05, 0.1) is 17.2 Å². The highest BCUT2D eigenvalue weighted by atomic mass is 19.4. The molecule has 4 rings (SSSR count). The summed E-state index contributed by atoms with van der Waals surface area (Å²) < 4.78 is 42.3. The maximum absolute atomic E-state index is 13.1. The van der Waals surface area contributed by atoms with Crippen LogP contribution in [0.15, 0.2) is 71.9 Å². The van der Waals surface area contributed by atoms with E-state index in [0.717, 1.165) is 17.7 Å². The molecule has 0 aliphatic heterocycles. The molecule has 4 aromatic rings. The van der Waals surface area contributed by atoms with Crippen molar-refractivity contribution in [3.63, 3.8) is 0 Å². The molecule has 35 heavy (non-hydrogen) atoms. The number of halogens is 3. The van der Waals surface area contributed by atoms with Gasteiger partial charge in [0.25, 0.3) is 11.5 Å². The molecule has 0 saturated carbocycles. The van der Waals surface area contributed by atoms with Gasteiger partial charge in [0.2, 0.25) is 0 Å². The van der Waals surface area contributed by atoms with Gasteiger partial charge < -0.3 is 11.1 Å². The first kappa shape index (κ1) is 23.7. The predicted molar refractivity (Wildman–Crippen MR) is 124 cm³/mol. The van der Waals surface area contributed by atoms with Gasteiger partial charge in [-0.2, -0.15) is 18.3 Å². The lowest BCUT2D eigenvalue weighted by atomic mass is 10.0. The Balaban J connectivity index is 1.61. The van der Waals surface area contributed by atoms with Crippen LogP contribution in [-0.2, 0) is 13.2 Å². The van der Waals surface area contributed by atoms with Crippen LogP contribution in [0.3, 0.4) is 0 Å². The monoisotopic (exact) mass is 482 g/mol. The van der Waals surface area contributed by atoms with Gasteiger partial charge in [0.15, 0.2) is 5.82 Å². The van der Waals surface area contributed by atoms with Crippen LogP contribution in [0.2, 0.25) is 0 Å². The summed E-state index contributed by atoms with van der Waals surface area (Å²) in [6, 6.07) is 12.0. The second kappa shape index (κ2) is 9.09. The number of nitrogens with zero attached hydrogens (tertiary/aromatic N) is 4. The molecule has 0 aliphatic rings. The summed E-state index contributed by atoms with van der Waals surface area (Å²) in [4.78, 5) is 29.6. The molecule has 2 aromatic heterocycles. The molecule has 0 fully saturated rings. The topological polar surface area (TPSA) is 108 Å². The smallest absolute Gasteiger partial charge is 0.399 e. The summed E-state index contributed by atoms with van der Waals surface area (Å²) in [6.45, 7) is 1.55. The molecule has 1 atom stereocenters.